The van der Waals surface area contributed by atoms with Crippen LogP contribution in [0.15, 0.2) is 127 Å². The summed E-state index contributed by atoms with van der Waals surface area (Å²) in [4.78, 5) is 2.23. The molecule has 5 aromatic carbocycles. The summed E-state index contributed by atoms with van der Waals surface area (Å²) in [6.07, 6.45) is 3.38. The molecule has 3 heteroatoms. The number of nitrogens with zero attached hydrogens (tertiary/aromatic N) is 1. The Morgan fingerprint density at radius 3 is 1.50 bits per heavy atom. The molecule has 0 bridgehead atoms. The molecule has 212 valence electrons. The van der Waals surface area contributed by atoms with E-state index < -0.39 is 0 Å². The number of rotatable bonds is 10. The van der Waals surface area contributed by atoms with Gasteiger partial charge in [-0.15, -0.1) is 0 Å². The minimum Gasteiger partial charge on any atom is -0.497 e. The summed E-state index contributed by atoms with van der Waals surface area (Å²) in [5, 5.41) is 0. The van der Waals surface area contributed by atoms with Crippen LogP contribution < -0.4 is 14.4 Å². The van der Waals surface area contributed by atoms with Crippen molar-refractivity contribution in [3.05, 3.63) is 150 Å². The fourth-order valence-corrected chi connectivity index (χ4v) is 5.05. The third-order valence-electron chi connectivity index (χ3n) is 8.07. The van der Waals surface area contributed by atoms with Crippen LogP contribution in [0.25, 0.3) is 11.6 Å². The van der Waals surface area contributed by atoms with Crippen LogP contribution in [0.4, 0.5) is 17.1 Å². The zero-order valence-corrected chi connectivity index (χ0v) is 25.2. The van der Waals surface area contributed by atoms with Gasteiger partial charge in [-0.25, -0.2) is 0 Å². The van der Waals surface area contributed by atoms with Crippen molar-refractivity contribution in [3.8, 4) is 11.5 Å². The van der Waals surface area contributed by atoms with Crippen molar-refractivity contribution >= 4 is 28.7 Å². The molecule has 5 aromatic rings. The molecule has 0 atom stereocenters. The first-order valence-corrected chi connectivity index (χ1v) is 14.5. The summed E-state index contributed by atoms with van der Waals surface area (Å²) in [5.74, 6) is 1.65. The average molecular weight is 554 g/mol. The SMILES string of the molecule is CCC(C)(C)c1ccc(/C(=C/c2ccc(N(c3ccc(OC)cc3)c3ccc(OC)cc3)cc2)c2ccccc2)cc1. The van der Waals surface area contributed by atoms with Gasteiger partial charge in [0.15, 0.2) is 0 Å². The fraction of sp³-hybridized carbons (Fsp3) is 0.179. The summed E-state index contributed by atoms with van der Waals surface area (Å²) in [7, 11) is 3.37. The maximum Gasteiger partial charge on any atom is 0.119 e. The molecule has 0 amide bonds. The zero-order chi connectivity index (χ0) is 29.5. The van der Waals surface area contributed by atoms with Crippen LogP contribution >= 0.6 is 0 Å². The van der Waals surface area contributed by atoms with E-state index in [2.05, 4.69) is 135 Å². The van der Waals surface area contributed by atoms with Crippen molar-refractivity contribution in [1.82, 2.24) is 0 Å². The van der Waals surface area contributed by atoms with Crippen molar-refractivity contribution in [2.45, 2.75) is 32.6 Å². The molecule has 0 N–H and O–H groups in total. The van der Waals surface area contributed by atoms with Gasteiger partial charge in [0.2, 0.25) is 0 Å². The Morgan fingerprint density at radius 2 is 1.05 bits per heavy atom. The molecule has 0 heterocycles. The Kier molecular flexibility index (Phi) is 8.78. The van der Waals surface area contributed by atoms with Gasteiger partial charge in [-0.05, 0) is 106 Å². The quantitative estimate of drug-likeness (QED) is 0.161. The van der Waals surface area contributed by atoms with Gasteiger partial charge >= 0.3 is 0 Å². The van der Waals surface area contributed by atoms with Crippen LogP contribution in [0, 0.1) is 0 Å². The molecule has 0 spiro atoms. The molecular formula is C39H39NO2. The molecule has 5 rings (SSSR count). The van der Waals surface area contributed by atoms with Crippen LogP contribution in [0.3, 0.4) is 0 Å². The summed E-state index contributed by atoms with van der Waals surface area (Å²) in [5.41, 5.74) is 9.42. The fourth-order valence-electron chi connectivity index (χ4n) is 5.05. The molecule has 0 saturated heterocycles. The van der Waals surface area contributed by atoms with Gasteiger partial charge in [-0.2, -0.15) is 0 Å². The third-order valence-corrected chi connectivity index (χ3v) is 8.07. The molecule has 0 unspecified atom stereocenters. The summed E-state index contributed by atoms with van der Waals surface area (Å²) in [6, 6.07) is 44.7. The average Bonchev–Trinajstić information content (AvgIpc) is 3.05. The van der Waals surface area contributed by atoms with Gasteiger partial charge in [0.25, 0.3) is 0 Å². The van der Waals surface area contributed by atoms with Gasteiger partial charge in [-0.3, -0.25) is 0 Å². The number of benzene rings is 5. The molecule has 0 aliphatic rings. The first-order valence-electron chi connectivity index (χ1n) is 14.5. The number of ether oxygens (including phenoxy) is 2. The van der Waals surface area contributed by atoms with E-state index in [9.17, 15) is 0 Å². The second-order valence-electron chi connectivity index (χ2n) is 11.1. The lowest BCUT2D eigenvalue weighted by Crippen LogP contribution is -2.15. The van der Waals surface area contributed by atoms with E-state index in [1.165, 1.54) is 22.3 Å². The topological polar surface area (TPSA) is 21.7 Å². The molecule has 0 fully saturated rings. The number of hydrogen-bond acceptors (Lipinski definition) is 3. The normalized spacial score (nSPS) is 11.7. The molecule has 0 aromatic heterocycles. The highest BCUT2D eigenvalue weighted by Crippen LogP contribution is 2.37. The third kappa shape index (κ3) is 6.42. The molecule has 0 saturated carbocycles. The lowest BCUT2D eigenvalue weighted by Gasteiger charge is -2.26. The van der Waals surface area contributed by atoms with Gasteiger partial charge in [-0.1, -0.05) is 87.5 Å². The highest BCUT2D eigenvalue weighted by atomic mass is 16.5. The smallest absolute Gasteiger partial charge is 0.119 e. The maximum absolute atomic E-state index is 5.40. The Hall–Kier alpha value is -4.76. The van der Waals surface area contributed by atoms with E-state index in [1.54, 1.807) is 14.2 Å². The Morgan fingerprint density at radius 1 is 0.595 bits per heavy atom. The van der Waals surface area contributed by atoms with Gasteiger partial charge in [0.1, 0.15) is 11.5 Å². The lowest BCUT2D eigenvalue weighted by molar-refractivity contribution is 0.415. The van der Waals surface area contributed by atoms with E-state index >= 15 is 0 Å². The van der Waals surface area contributed by atoms with Crippen molar-refractivity contribution < 1.29 is 9.47 Å². The standard InChI is InChI=1S/C39H39NO2/c1-6-39(2,3)32-16-14-31(15-17-32)38(30-10-8-7-9-11-30)28-29-12-18-33(19-13-29)40(34-20-24-36(41-4)25-21-34)35-22-26-37(42-5)27-23-35/h7-28H,6H2,1-5H3/b38-28+. The monoisotopic (exact) mass is 553 g/mol. The van der Waals surface area contributed by atoms with E-state index in [-0.39, 0.29) is 5.41 Å². The second-order valence-corrected chi connectivity index (χ2v) is 11.1. The molecule has 0 aliphatic heterocycles. The highest BCUT2D eigenvalue weighted by molar-refractivity contribution is 5.92. The minimum atomic E-state index is 0.157. The van der Waals surface area contributed by atoms with E-state index in [0.717, 1.165) is 40.5 Å². The Balaban J connectivity index is 1.53. The van der Waals surface area contributed by atoms with Gasteiger partial charge in [0, 0.05) is 17.1 Å². The predicted molar refractivity (Wildman–Crippen MR) is 177 cm³/mol. The summed E-state index contributed by atoms with van der Waals surface area (Å²) < 4.78 is 10.8. The molecular weight excluding hydrogens is 514 g/mol. The predicted octanol–water partition coefficient (Wildman–Crippen LogP) is 10.5. The maximum atomic E-state index is 5.40. The Bertz CT molecular complexity index is 1550. The van der Waals surface area contributed by atoms with Crippen LogP contribution in [-0.4, -0.2) is 14.2 Å². The minimum absolute atomic E-state index is 0.157. The number of methoxy groups -OCH3 is 2. The summed E-state index contributed by atoms with van der Waals surface area (Å²) >= 11 is 0. The van der Waals surface area contributed by atoms with Gasteiger partial charge < -0.3 is 14.4 Å². The van der Waals surface area contributed by atoms with Crippen molar-refractivity contribution in [2.75, 3.05) is 19.1 Å². The molecule has 42 heavy (non-hydrogen) atoms. The van der Waals surface area contributed by atoms with Crippen molar-refractivity contribution in [2.24, 2.45) is 0 Å². The highest BCUT2D eigenvalue weighted by Gasteiger charge is 2.18. The Labute approximate surface area is 250 Å². The van der Waals surface area contributed by atoms with Gasteiger partial charge in [0.05, 0.1) is 14.2 Å². The van der Waals surface area contributed by atoms with Crippen LogP contribution in [-0.2, 0) is 5.41 Å². The second kappa shape index (κ2) is 12.8. The lowest BCUT2D eigenvalue weighted by atomic mass is 9.81. The zero-order valence-electron chi connectivity index (χ0n) is 25.2. The van der Waals surface area contributed by atoms with Crippen LogP contribution in [0.2, 0.25) is 0 Å². The molecule has 0 radical (unpaired) electrons. The van der Waals surface area contributed by atoms with E-state index in [0.29, 0.717) is 0 Å². The molecule has 0 aliphatic carbocycles. The van der Waals surface area contributed by atoms with E-state index in [4.69, 9.17) is 9.47 Å². The van der Waals surface area contributed by atoms with Crippen LogP contribution in [0.1, 0.15) is 49.4 Å². The van der Waals surface area contributed by atoms with E-state index in [1.807, 2.05) is 24.3 Å². The first-order chi connectivity index (χ1) is 20.4. The largest absolute Gasteiger partial charge is 0.497 e. The number of hydrogen-bond donors (Lipinski definition) is 0. The van der Waals surface area contributed by atoms with Crippen LogP contribution in [0.5, 0.6) is 11.5 Å². The van der Waals surface area contributed by atoms with Crippen molar-refractivity contribution in [3.63, 3.8) is 0 Å². The summed E-state index contributed by atoms with van der Waals surface area (Å²) in [6.45, 7) is 6.86. The van der Waals surface area contributed by atoms with Crippen molar-refractivity contribution in [1.29, 1.82) is 0 Å². The first kappa shape index (κ1) is 28.8. The number of anilines is 3. The molecule has 3 nitrogen and oxygen atoms in total.